The van der Waals surface area contributed by atoms with Crippen molar-refractivity contribution < 1.29 is 27.8 Å². The minimum Gasteiger partial charge on any atom is -0.465 e. The lowest BCUT2D eigenvalue weighted by Gasteiger charge is -2.16. The first-order valence-electron chi connectivity index (χ1n) is 5.90. The van der Waals surface area contributed by atoms with E-state index < -0.39 is 18.5 Å². The van der Waals surface area contributed by atoms with Crippen LogP contribution in [0.25, 0.3) is 0 Å². The molecule has 1 amide bonds. The van der Waals surface area contributed by atoms with E-state index in [9.17, 15) is 18.4 Å². The third kappa shape index (κ3) is 4.83. The lowest BCUT2D eigenvalue weighted by Crippen LogP contribution is -2.33. The Morgan fingerprint density at radius 2 is 1.85 bits per heavy atom. The van der Waals surface area contributed by atoms with Gasteiger partial charge >= 0.3 is 12.6 Å². The number of hydrogen-bond donors (Lipinski definition) is 0. The van der Waals surface area contributed by atoms with Crippen LogP contribution < -0.4 is 4.74 Å². The average molecular weight is 287 g/mol. The number of esters is 1. The Hall–Kier alpha value is -2.18. The summed E-state index contributed by atoms with van der Waals surface area (Å²) < 4.78 is 32.8. The molecule has 0 bridgehead atoms. The molecule has 1 rings (SSSR count). The smallest absolute Gasteiger partial charge is 0.387 e. The number of carbonyl (C=O) groups excluding carboxylic acids is 2. The van der Waals surface area contributed by atoms with Gasteiger partial charge in [0.2, 0.25) is 0 Å². The van der Waals surface area contributed by atoms with Gasteiger partial charge in [0.05, 0.1) is 6.61 Å². The van der Waals surface area contributed by atoms with Crippen molar-refractivity contribution in [2.75, 3.05) is 20.2 Å². The van der Waals surface area contributed by atoms with E-state index in [0.29, 0.717) is 0 Å². The zero-order chi connectivity index (χ0) is 15.1. The highest BCUT2D eigenvalue weighted by atomic mass is 19.3. The van der Waals surface area contributed by atoms with Gasteiger partial charge in [0, 0.05) is 12.6 Å². The minimum atomic E-state index is -2.91. The van der Waals surface area contributed by atoms with Gasteiger partial charge in [-0.1, -0.05) is 0 Å². The van der Waals surface area contributed by atoms with Gasteiger partial charge in [-0.15, -0.1) is 0 Å². The Bertz CT molecular complexity index is 462. The highest BCUT2D eigenvalue weighted by Gasteiger charge is 2.15. The molecule has 0 aliphatic heterocycles. The summed E-state index contributed by atoms with van der Waals surface area (Å²) in [6.45, 7) is -1.19. The molecule has 20 heavy (non-hydrogen) atoms. The summed E-state index contributed by atoms with van der Waals surface area (Å²) in [6.07, 6.45) is 0. The maximum Gasteiger partial charge on any atom is 0.387 e. The van der Waals surface area contributed by atoms with Crippen LogP contribution in [0.15, 0.2) is 24.3 Å². The van der Waals surface area contributed by atoms with Crippen LogP contribution in [-0.2, 0) is 9.53 Å². The monoisotopic (exact) mass is 287 g/mol. The highest BCUT2D eigenvalue weighted by molar-refractivity contribution is 5.95. The van der Waals surface area contributed by atoms with E-state index in [-0.39, 0.29) is 24.5 Å². The lowest BCUT2D eigenvalue weighted by molar-refractivity contribution is -0.143. The number of amides is 1. The maximum absolute atomic E-state index is 12.0. The number of benzene rings is 1. The van der Waals surface area contributed by atoms with Crippen LogP contribution >= 0.6 is 0 Å². The number of rotatable bonds is 6. The van der Waals surface area contributed by atoms with Crippen molar-refractivity contribution in [3.8, 4) is 5.75 Å². The zero-order valence-corrected chi connectivity index (χ0v) is 11.1. The van der Waals surface area contributed by atoms with E-state index in [1.165, 1.54) is 36.2 Å². The topological polar surface area (TPSA) is 55.8 Å². The average Bonchev–Trinajstić information content (AvgIpc) is 2.38. The Kier molecular flexibility index (Phi) is 5.89. The van der Waals surface area contributed by atoms with Crippen LogP contribution in [0.5, 0.6) is 5.75 Å². The van der Waals surface area contributed by atoms with Crippen molar-refractivity contribution in [2.45, 2.75) is 13.5 Å². The van der Waals surface area contributed by atoms with Crippen molar-refractivity contribution in [1.29, 1.82) is 0 Å². The second-order valence-corrected chi connectivity index (χ2v) is 3.87. The van der Waals surface area contributed by atoms with Gasteiger partial charge in [0.1, 0.15) is 12.3 Å². The van der Waals surface area contributed by atoms with Crippen molar-refractivity contribution in [1.82, 2.24) is 4.90 Å². The molecule has 0 unspecified atom stereocenters. The van der Waals surface area contributed by atoms with Crippen molar-refractivity contribution in [2.24, 2.45) is 0 Å². The largest absolute Gasteiger partial charge is 0.465 e. The third-order valence-corrected chi connectivity index (χ3v) is 2.34. The number of hydrogen-bond acceptors (Lipinski definition) is 4. The molecule has 0 aromatic heterocycles. The van der Waals surface area contributed by atoms with Crippen LogP contribution in [0.1, 0.15) is 17.3 Å². The molecular formula is C13H15F2NO4. The summed E-state index contributed by atoms with van der Waals surface area (Å²) in [7, 11) is 1.45. The molecule has 0 N–H and O–H groups in total. The van der Waals surface area contributed by atoms with Crippen molar-refractivity contribution >= 4 is 11.9 Å². The molecule has 7 heteroatoms. The highest BCUT2D eigenvalue weighted by Crippen LogP contribution is 2.15. The quantitative estimate of drug-likeness (QED) is 0.750. The van der Waals surface area contributed by atoms with Gasteiger partial charge in [-0.05, 0) is 31.2 Å². The molecule has 1 aromatic rings. The van der Waals surface area contributed by atoms with Gasteiger partial charge < -0.3 is 14.4 Å². The van der Waals surface area contributed by atoms with Gasteiger partial charge in [-0.25, -0.2) is 0 Å². The predicted molar refractivity (Wildman–Crippen MR) is 66.7 cm³/mol. The van der Waals surface area contributed by atoms with Gasteiger partial charge in [-0.3, -0.25) is 9.59 Å². The Labute approximate surface area is 115 Å². The normalized spacial score (nSPS) is 10.2. The molecule has 0 spiro atoms. The third-order valence-electron chi connectivity index (χ3n) is 2.34. The van der Waals surface area contributed by atoms with Crippen LogP contribution in [0, 0.1) is 0 Å². The number of alkyl halides is 2. The molecule has 0 fully saturated rings. The molecular weight excluding hydrogens is 272 g/mol. The number of ether oxygens (including phenoxy) is 2. The zero-order valence-electron chi connectivity index (χ0n) is 11.1. The van der Waals surface area contributed by atoms with E-state index in [1.807, 2.05) is 0 Å². The fraction of sp³-hybridized carbons (Fsp3) is 0.385. The molecule has 5 nitrogen and oxygen atoms in total. The molecule has 0 saturated heterocycles. The Morgan fingerprint density at radius 3 is 2.35 bits per heavy atom. The van der Waals surface area contributed by atoms with Crippen LogP contribution in [-0.4, -0.2) is 43.6 Å². The number of carbonyl (C=O) groups is 2. The molecule has 0 atom stereocenters. The summed E-state index contributed by atoms with van der Waals surface area (Å²) in [6, 6.07) is 5.22. The molecule has 0 heterocycles. The first-order valence-corrected chi connectivity index (χ1v) is 5.90. The Morgan fingerprint density at radius 1 is 1.25 bits per heavy atom. The predicted octanol–water partition coefficient (Wildman–Crippen LogP) is 1.92. The van der Waals surface area contributed by atoms with Crippen LogP contribution in [0.3, 0.4) is 0 Å². The SMILES string of the molecule is CCOC(=O)CN(C)C(=O)c1ccc(OC(F)F)cc1. The molecule has 0 aliphatic carbocycles. The fourth-order valence-electron chi connectivity index (χ4n) is 1.47. The van der Waals surface area contributed by atoms with Crippen molar-refractivity contribution in [3.63, 3.8) is 0 Å². The van der Waals surface area contributed by atoms with Gasteiger partial charge in [0.15, 0.2) is 0 Å². The van der Waals surface area contributed by atoms with E-state index in [1.54, 1.807) is 6.92 Å². The van der Waals surface area contributed by atoms with Crippen molar-refractivity contribution in [3.05, 3.63) is 29.8 Å². The number of likely N-dealkylation sites (N-methyl/N-ethyl adjacent to an activating group) is 1. The molecule has 0 aliphatic rings. The Balaban J connectivity index is 2.64. The lowest BCUT2D eigenvalue weighted by atomic mass is 10.2. The molecule has 0 radical (unpaired) electrons. The first-order chi connectivity index (χ1) is 9.43. The minimum absolute atomic E-state index is 0.0374. The summed E-state index contributed by atoms with van der Waals surface area (Å²) in [4.78, 5) is 24.4. The summed E-state index contributed by atoms with van der Waals surface area (Å²) >= 11 is 0. The van der Waals surface area contributed by atoms with E-state index in [4.69, 9.17) is 4.74 Å². The summed E-state index contributed by atoms with van der Waals surface area (Å²) in [5.74, 6) is -0.966. The van der Waals surface area contributed by atoms with Gasteiger partial charge in [-0.2, -0.15) is 8.78 Å². The molecule has 1 aromatic carbocycles. The first kappa shape index (κ1) is 15.9. The number of halogens is 2. The summed E-state index contributed by atoms with van der Waals surface area (Å²) in [5.41, 5.74) is 0.262. The second kappa shape index (κ2) is 7.42. The van der Waals surface area contributed by atoms with E-state index >= 15 is 0 Å². The second-order valence-electron chi connectivity index (χ2n) is 3.87. The maximum atomic E-state index is 12.0. The number of nitrogens with zero attached hydrogens (tertiary/aromatic N) is 1. The standard InChI is InChI=1S/C13H15F2NO4/c1-3-19-11(17)8-16(2)12(18)9-4-6-10(7-5-9)20-13(14)15/h4-7,13H,3,8H2,1-2H3. The fourth-order valence-corrected chi connectivity index (χ4v) is 1.47. The summed E-state index contributed by atoms with van der Waals surface area (Å²) in [5, 5.41) is 0. The molecule has 110 valence electrons. The van der Waals surface area contributed by atoms with Gasteiger partial charge in [0.25, 0.3) is 5.91 Å². The van der Waals surface area contributed by atoms with E-state index in [2.05, 4.69) is 4.74 Å². The van der Waals surface area contributed by atoms with E-state index in [0.717, 1.165) is 0 Å². The van der Waals surface area contributed by atoms with Crippen LogP contribution in [0.2, 0.25) is 0 Å². The molecule has 0 saturated carbocycles. The van der Waals surface area contributed by atoms with Crippen LogP contribution in [0.4, 0.5) is 8.78 Å².